The van der Waals surface area contributed by atoms with Crippen molar-refractivity contribution in [2.45, 2.75) is 13.8 Å². The first-order chi connectivity index (χ1) is 33.7. The summed E-state index contributed by atoms with van der Waals surface area (Å²) in [6, 6.07) is 52.7. The van der Waals surface area contributed by atoms with Gasteiger partial charge in [-0.25, -0.2) is 29.3 Å². The second-order valence-corrected chi connectivity index (χ2v) is 15.7. The summed E-state index contributed by atoms with van der Waals surface area (Å²) in [7, 11) is 0. The van der Waals surface area contributed by atoms with Crippen LogP contribution in [-0.2, 0) is 0 Å². The number of pyridine rings is 5. The number of fused-ring (bicyclic) bond motifs is 6. The van der Waals surface area contributed by atoms with Crippen molar-refractivity contribution in [3.8, 4) is 39.5 Å². The van der Waals surface area contributed by atoms with Gasteiger partial charge in [-0.1, -0.05) is 163 Å². The molecule has 0 saturated heterocycles. The minimum Gasteiger partial charge on any atom is -0.871 e. The molecule has 0 aliphatic heterocycles. The first kappa shape index (κ1) is 49.6. The zero-order valence-electron chi connectivity index (χ0n) is 37.8. The van der Waals surface area contributed by atoms with Crippen molar-refractivity contribution in [1.29, 1.82) is 0 Å². The molecule has 0 saturated carbocycles. The molecule has 11 aromatic rings. The standard InChI is InChI=1S/C26H20N2.3C10H7NO3.Al/c1-17-15-23(19-9-5-3-6-10-19)21-13-14-22-24(20-11-7-4-8-12-20)16-18(2)28-26(22)25(21)27-17;3*12-8-3-1-2-6-4-5-7(10(13)14)11-9(6)8;/h3-16H,1-2H3;3*1-5,12H,(H,13,14);/q;;;;+3/p-3. The second kappa shape index (κ2) is 21.8. The van der Waals surface area contributed by atoms with Crippen molar-refractivity contribution in [2.75, 3.05) is 0 Å². The third kappa shape index (κ3) is 11.2. The van der Waals surface area contributed by atoms with Crippen molar-refractivity contribution in [1.82, 2.24) is 24.9 Å². The van der Waals surface area contributed by atoms with E-state index in [-0.39, 0.29) is 68.2 Å². The van der Waals surface area contributed by atoms with Crippen LogP contribution in [0.2, 0.25) is 0 Å². The van der Waals surface area contributed by atoms with Crippen molar-refractivity contribution in [3.63, 3.8) is 0 Å². The average Bonchev–Trinajstić information content (AvgIpc) is 3.37. The molecule has 14 nitrogen and oxygen atoms in total. The Morgan fingerprint density at radius 3 is 0.972 bits per heavy atom. The zero-order valence-corrected chi connectivity index (χ0v) is 39.0. The van der Waals surface area contributed by atoms with Gasteiger partial charge in [0.1, 0.15) is 17.1 Å². The van der Waals surface area contributed by atoms with Gasteiger partial charge < -0.3 is 30.6 Å². The van der Waals surface area contributed by atoms with Crippen LogP contribution in [0.25, 0.3) is 76.8 Å². The minimum atomic E-state index is -1.13. The van der Waals surface area contributed by atoms with Crippen LogP contribution >= 0.6 is 0 Å². The van der Waals surface area contributed by atoms with Crippen molar-refractivity contribution in [2.24, 2.45) is 0 Å². The van der Waals surface area contributed by atoms with Gasteiger partial charge in [0.15, 0.2) is 0 Å². The molecule has 0 atom stereocenters. The summed E-state index contributed by atoms with van der Waals surface area (Å²) in [4.78, 5) is 52.9. The maximum atomic E-state index is 11.3. The maximum absolute atomic E-state index is 11.3. The summed E-state index contributed by atoms with van der Waals surface area (Å²) in [5.74, 6) is -4.16. The summed E-state index contributed by atoms with van der Waals surface area (Å²) >= 11 is 0. The minimum absolute atomic E-state index is 0. The molecule has 5 aromatic heterocycles. The molecule has 0 aliphatic carbocycles. The Hall–Kier alpha value is -9.29. The molecule has 344 valence electrons. The van der Waals surface area contributed by atoms with E-state index in [1.165, 1.54) is 58.7 Å². The van der Waals surface area contributed by atoms with Crippen LogP contribution in [0.1, 0.15) is 42.9 Å². The van der Waals surface area contributed by atoms with Gasteiger partial charge in [0.2, 0.25) is 0 Å². The first-order valence-corrected chi connectivity index (χ1v) is 21.5. The Kier molecular flexibility index (Phi) is 15.2. The Morgan fingerprint density at radius 1 is 0.366 bits per heavy atom. The molecule has 0 amide bonds. The van der Waals surface area contributed by atoms with Crippen LogP contribution in [-0.4, -0.2) is 75.5 Å². The molecule has 0 spiro atoms. The van der Waals surface area contributed by atoms with Crippen LogP contribution in [0.15, 0.2) is 176 Å². The third-order valence-corrected chi connectivity index (χ3v) is 10.9. The predicted octanol–water partition coefficient (Wildman–Crippen LogP) is 9.37. The monoisotopic (exact) mass is 951 g/mol. The Bertz CT molecular complexity index is 3450. The third-order valence-electron chi connectivity index (χ3n) is 10.9. The summed E-state index contributed by atoms with van der Waals surface area (Å²) < 4.78 is 0. The van der Waals surface area contributed by atoms with Crippen molar-refractivity contribution >= 4 is 89.8 Å². The molecular weight excluding hydrogens is 914 g/mol. The smallest absolute Gasteiger partial charge is 0.871 e. The van der Waals surface area contributed by atoms with E-state index in [1.807, 2.05) is 12.1 Å². The van der Waals surface area contributed by atoms with Crippen molar-refractivity contribution in [3.05, 3.63) is 204 Å². The van der Waals surface area contributed by atoms with E-state index in [0.717, 1.165) is 33.2 Å². The molecule has 5 heterocycles. The fourth-order valence-corrected chi connectivity index (χ4v) is 7.66. The predicted molar refractivity (Wildman–Crippen MR) is 268 cm³/mol. The van der Waals surface area contributed by atoms with Gasteiger partial charge in [-0.3, -0.25) is 9.97 Å². The van der Waals surface area contributed by atoms with E-state index in [1.54, 1.807) is 54.6 Å². The number of hydrogen-bond donors (Lipinski definition) is 3. The quantitative estimate of drug-likeness (QED) is 0.107. The number of rotatable bonds is 5. The number of nitrogens with zero attached hydrogens (tertiary/aromatic N) is 5. The van der Waals surface area contributed by atoms with E-state index in [2.05, 4.69) is 102 Å². The molecule has 0 bridgehead atoms. The number of carbonyl (C=O) groups is 3. The van der Waals surface area contributed by atoms with Gasteiger partial charge in [0, 0.05) is 22.2 Å². The number of carboxylic acids is 3. The topological polar surface area (TPSA) is 246 Å². The number of aromatic nitrogens is 5. The summed E-state index contributed by atoms with van der Waals surface area (Å²) in [6.45, 7) is 4.11. The van der Waals surface area contributed by atoms with Gasteiger partial charge in [0.05, 0.1) is 27.6 Å². The van der Waals surface area contributed by atoms with E-state index < -0.39 is 17.9 Å². The number of para-hydroxylation sites is 3. The molecule has 11 rings (SSSR count). The van der Waals surface area contributed by atoms with Crippen LogP contribution < -0.4 is 15.3 Å². The molecule has 3 N–H and O–H groups in total. The van der Waals surface area contributed by atoms with Crippen LogP contribution in [0.3, 0.4) is 0 Å². The SMILES string of the molecule is Cc1cc(-c2ccccc2)c2ccc3c(-c4ccccc4)cc(C)nc3c2n1.O=C(O)c1ccc2cccc([O-])c2n1.O=C(O)c1ccc2cccc([O-])c2n1.O=C(O)c1ccc2cccc([O-])c2n1.[Al+3]. The number of aryl methyl sites for hydroxylation is 2. The van der Waals surface area contributed by atoms with E-state index in [0.29, 0.717) is 16.2 Å². The van der Waals surface area contributed by atoms with Crippen LogP contribution in [0.5, 0.6) is 17.2 Å². The number of hydrogen-bond acceptors (Lipinski definition) is 11. The fraction of sp³-hybridized carbons (Fsp3) is 0.0357. The fourth-order valence-electron chi connectivity index (χ4n) is 7.66. The average molecular weight is 952 g/mol. The van der Waals surface area contributed by atoms with Gasteiger partial charge >= 0.3 is 35.3 Å². The molecule has 0 fully saturated rings. The maximum Gasteiger partial charge on any atom is 3.00 e. The zero-order chi connectivity index (χ0) is 49.5. The van der Waals surface area contributed by atoms with Gasteiger partial charge in [-0.05, 0) is 82.6 Å². The van der Waals surface area contributed by atoms with Crippen LogP contribution in [0.4, 0.5) is 0 Å². The van der Waals surface area contributed by atoms with Crippen LogP contribution in [0, 0.1) is 13.8 Å². The molecule has 0 unspecified atom stereocenters. The van der Waals surface area contributed by atoms with Gasteiger partial charge in [-0.15, -0.1) is 0 Å². The van der Waals surface area contributed by atoms with Gasteiger partial charge in [0.25, 0.3) is 0 Å². The molecular formula is C56H38AlN5O9. The molecule has 15 heteroatoms. The summed E-state index contributed by atoms with van der Waals surface area (Å²) in [6.07, 6.45) is 0. The van der Waals surface area contributed by atoms with Crippen molar-refractivity contribution < 1.29 is 45.0 Å². The Morgan fingerprint density at radius 2 is 0.676 bits per heavy atom. The molecule has 0 radical (unpaired) electrons. The Labute approximate surface area is 415 Å². The summed E-state index contributed by atoms with van der Waals surface area (Å²) in [5.41, 5.74) is 9.03. The number of aromatic carboxylic acids is 3. The normalized spacial score (nSPS) is 10.5. The summed E-state index contributed by atoms with van der Waals surface area (Å²) in [5, 5.41) is 64.2. The van der Waals surface area contributed by atoms with E-state index in [9.17, 15) is 29.7 Å². The van der Waals surface area contributed by atoms with E-state index >= 15 is 0 Å². The second-order valence-electron chi connectivity index (χ2n) is 15.7. The molecule has 71 heavy (non-hydrogen) atoms. The first-order valence-electron chi connectivity index (χ1n) is 21.5. The number of benzene rings is 6. The van der Waals surface area contributed by atoms with Gasteiger partial charge in [-0.2, -0.15) is 0 Å². The molecule has 6 aromatic carbocycles. The van der Waals surface area contributed by atoms with E-state index in [4.69, 9.17) is 25.3 Å². The number of carboxylic acid groups (broad SMARTS) is 3. The molecule has 0 aliphatic rings. The largest absolute Gasteiger partial charge is 3.00 e. The Balaban J connectivity index is 0.000000148.